The van der Waals surface area contributed by atoms with Gasteiger partial charge in [0.25, 0.3) is 5.91 Å². The maximum atomic E-state index is 12.9. The lowest BCUT2D eigenvalue weighted by atomic mass is 9.88. The molecule has 1 saturated heterocycles. The molecule has 5 rings (SSSR count). The zero-order valence-corrected chi connectivity index (χ0v) is 21.7. The van der Waals surface area contributed by atoms with Crippen LogP contribution in [-0.2, 0) is 12.8 Å². The highest BCUT2D eigenvalue weighted by Gasteiger charge is 2.43. The van der Waals surface area contributed by atoms with Gasteiger partial charge in [0.05, 0.1) is 6.10 Å². The lowest BCUT2D eigenvalue weighted by molar-refractivity contribution is 0.0724. The number of carbonyl (C=O) groups is 1. The molecule has 0 bridgehead atoms. The lowest BCUT2D eigenvalue weighted by Crippen LogP contribution is -2.35. The Morgan fingerprint density at radius 2 is 1.78 bits per heavy atom. The number of aliphatic hydroxyl groups is 1. The van der Waals surface area contributed by atoms with Gasteiger partial charge in [0.15, 0.2) is 0 Å². The van der Waals surface area contributed by atoms with Crippen molar-refractivity contribution in [2.75, 3.05) is 13.1 Å². The van der Waals surface area contributed by atoms with Crippen LogP contribution in [0, 0.1) is 24.7 Å². The van der Waals surface area contributed by atoms with Crippen molar-refractivity contribution in [2.45, 2.75) is 70.8 Å². The molecule has 1 aliphatic heterocycles. The van der Waals surface area contributed by atoms with Crippen molar-refractivity contribution in [2.24, 2.45) is 17.8 Å². The first kappa shape index (κ1) is 25.0. The molecular formula is C33H41NO2. The average molecular weight is 484 g/mol. The number of hydrogen-bond acceptors (Lipinski definition) is 2. The van der Waals surface area contributed by atoms with Gasteiger partial charge in [-0.05, 0) is 99.8 Å². The molecule has 36 heavy (non-hydrogen) atoms. The smallest absolute Gasteiger partial charge is 0.253 e. The molecule has 1 heterocycles. The zero-order chi connectivity index (χ0) is 24.9. The number of rotatable bonds is 8. The summed E-state index contributed by atoms with van der Waals surface area (Å²) in [6, 6.07) is 17.0. The summed E-state index contributed by atoms with van der Waals surface area (Å²) >= 11 is 0. The third kappa shape index (κ3) is 6.00. The first-order valence-electron chi connectivity index (χ1n) is 14.0. The van der Waals surface area contributed by atoms with Gasteiger partial charge in [-0.25, -0.2) is 0 Å². The lowest BCUT2D eigenvalue weighted by Gasteiger charge is -2.26. The summed E-state index contributed by atoms with van der Waals surface area (Å²) in [5, 5.41) is 10.7. The number of allylic oxidation sites excluding steroid dienone is 3. The van der Waals surface area contributed by atoms with Crippen molar-refractivity contribution in [3.8, 4) is 0 Å². The van der Waals surface area contributed by atoms with Gasteiger partial charge in [-0.15, -0.1) is 0 Å². The van der Waals surface area contributed by atoms with Crippen molar-refractivity contribution >= 4 is 5.91 Å². The van der Waals surface area contributed by atoms with Crippen molar-refractivity contribution in [3.05, 3.63) is 94.6 Å². The van der Waals surface area contributed by atoms with Crippen molar-refractivity contribution in [1.29, 1.82) is 0 Å². The normalized spacial score (nSPS) is 25.8. The van der Waals surface area contributed by atoms with Gasteiger partial charge in [0.1, 0.15) is 0 Å². The van der Waals surface area contributed by atoms with E-state index in [9.17, 15) is 9.90 Å². The highest BCUT2D eigenvalue weighted by molar-refractivity contribution is 5.94. The van der Waals surface area contributed by atoms with Crippen LogP contribution in [0.4, 0.5) is 0 Å². The van der Waals surface area contributed by atoms with Gasteiger partial charge in [-0.2, -0.15) is 0 Å². The van der Waals surface area contributed by atoms with Gasteiger partial charge in [0.2, 0.25) is 0 Å². The highest BCUT2D eigenvalue weighted by Crippen LogP contribution is 2.48. The minimum Gasteiger partial charge on any atom is -0.392 e. The number of nitrogens with zero attached hydrogens (tertiary/aromatic N) is 1. The summed E-state index contributed by atoms with van der Waals surface area (Å²) in [7, 11) is 0. The van der Waals surface area contributed by atoms with Crippen LogP contribution in [0.1, 0.15) is 72.0 Å². The van der Waals surface area contributed by atoms with Gasteiger partial charge in [-0.3, -0.25) is 4.79 Å². The SMILES string of the molecule is Cc1cccc(CCC=C[C@@H]2[C@H]3CC(CCc4cccc(C(=O)N5CCCCC5)c4)=C[C@H]3C[C@H]2O)c1. The summed E-state index contributed by atoms with van der Waals surface area (Å²) in [4.78, 5) is 14.9. The van der Waals surface area contributed by atoms with Gasteiger partial charge < -0.3 is 10.0 Å². The fourth-order valence-corrected chi connectivity index (χ4v) is 6.61. The topological polar surface area (TPSA) is 40.5 Å². The molecule has 2 aliphatic carbocycles. The van der Waals surface area contributed by atoms with E-state index in [0.29, 0.717) is 11.8 Å². The Hall–Kier alpha value is -2.65. The Kier molecular flexibility index (Phi) is 8.06. The number of likely N-dealkylation sites (tertiary alicyclic amines) is 1. The Morgan fingerprint density at radius 3 is 2.58 bits per heavy atom. The van der Waals surface area contributed by atoms with Crippen molar-refractivity contribution < 1.29 is 9.90 Å². The second-order valence-electron chi connectivity index (χ2n) is 11.2. The highest BCUT2D eigenvalue weighted by atomic mass is 16.3. The summed E-state index contributed by atoms with van der Waals surface area (Å²) in [5.41, 5.74) is 6.32. The van der Waals surface area contributed by atoms with E-state index in [1.165, 1.54) is 28.7 Å². The minimum atomic E-state index is -0.217. The number of piperidine rings is 1. The summed E-state index contributed by atoms with van der Waals surface area (Å²) in [5.74, 6) is 1.51. The van der Waals surface area contributed by atoms with E-state index < -0.39 is 0 Å². The van der Waals surface area contributed by atoms with E-state index in [2.05, 4.69) is 61.5 Å². The van der Waals surface area contributed by atoms with Crippen LogP contribution in [0.2, 0.25) is 0 Å². The Morgan fingerprint density at radius 1 is 1.00 bits per heavy atom. The Balaban J connectivity index is 1.13. The number of aryl methyl sites for hydroxylation is 3. The first-order valence-corrected chi connectivity index (χ1v) is 14.0. The van der Waals surface area contributed by atoms with Crippen molar-refractivity contribution in [1.82, 2.24) is 4.90 Å². The Labute approximate surface area is 216 Å². The third-order valence-corrected chi connectivity index (χ3v) is 8.54. The predicted molar refractivity (Wildman–Crippen MR) is 147 cm³/mol. The maximum Gasteiger partial charge on any atom is 0.253 e. The fourth-order valence-electron chi connectivity index (χ4n) is 6.61. The number of amides is 1. The van der Waals surface area contributed by atoms with Crippen LogP contribution in [0.25, 0.3) is 0 Å². The van der Waals surface area contributed by atoms with Gasteiger partial charge in [-0.1, -0.05) is 65.8 Å². The largest absolute Gasteiger partial charge is 0.392 e. The van der Waals surface area contributed by atoms with Gasteiger partial charge in [0, 0.05) is 24.6 Å². The number of benzene rings is 2. The number of hydrogen-bond donors (Lipinski definition) is 1. The molecule has 3 aliphatic rings. The summed E-state index contributed by atoms with van der Waals surface area (Å²) in [6.45, 7) is 3.93. The summed E-state index contributed by atoms with van der Waals surface area (Å²) < 4.78 is 0. The molecule has 1 amide bonds. The molecule has 3 nitrogen and oxygen atoms in total. The summed E-state index contributed by atoms with van der Waals surface area (Å²) in [6.07, 6.45) is 16.4. The molecular weight excluding hydrogens is 442 g/mol. The van der Waals surface area contributed by atoms with Crippen LogP contribution in [0.5, 0.6) is 0 Å². The van der Waals surface area contributed by atoms with E-state index in [1.54, 1.807) is 0 Å². The molecule has 2 aromatic carbocycles. The Bertz CT molecular complexity index is 1110. The molecule has 3 heteroatoms. The second-order valence-corrected chi connectivity index (χ2v) is 11.2. The molecule has 1 N–H and O–H groups in total. The van der Waals surface area contributed by atoms with E-state index in [4.69, 9.17) is 0 Å². The van der Waals surface area contributed by atoms with E-state index in [-0.39, 0.29) is 17.9 Å². The number of fused-ring (bicyclic) bond motifs is 1. The van der Waals surface area contributed by atoms with Gasteiger partial charge >= 0.3 is 0 Å². The molecule has 1 saturated carbocycles. The first-order chi connectivity index (χ1) is 17.6. The molecule has 0 unspecified atom stereocenters. The monoisotopic (exact) mass is 483 g/mol. The molecule has 4 atom stereocenters. The molecule has 0 spiro atoms. The van der Waals surface area contributed by atoms with E-state index >= 15 is 0 Å². The average Bonchev–Trinajstić information content (AvgIpc) is 3.42. The quantitative estimate of drug-likeness (QED) is 0.425. The van der Waals surface area contributed by atoms with Crippen LogP contribution in [-0.4, -0.2) is 35.1 Å². The van der Waals surface area contributed by atoms with Crippen LogP contribution in [0.3, 0.4) is 0 Å². The van der Waals surface area contributed by atoms with E-state index in [1.807, 2.05) is 17.0 Å². The fraction of sp³-hybridized carbons (Fsp3) is 0.485. The van der Waals surface area contributed by atoms with Crippen LogP contribution < -0.4 is 0 Å². The van der Waals surface area contributed by atoms with Crippen LogP contribution in [0.15, 0.2) is 72.3 Å². The number of carbonyl (C=O) groups excluding carboxylic acids is 1. The minimum absolute atomic E-state index is 0.192. The molecule has 0 radical (unpaired) electrons. The standard InChI is InChI=1S/C33H41NO2/c1-24-9-7-11-25(19-24)10-3-4-14-30-31-22-27(21-29(31)23-32(30)35)16-15-26-12-8-13-28(20-26)33(36)34-17-5-2-6-18-34/h4,7-9,11-14,19-21,29-32,35H,2-3,5-6,10,15-18,22-23H2,1H3/t29-,30+,31-,32+/m0/s1. The van der Waals surface area contributed by atoms with Crippen molar-refractivity contribution in [3.63, 3.8) is 0 Å². The molecule has 2 fully saturated rings. The third-order valence-electron chi connectivity index (χ3n) is 8.54. The predicted octanol–water partition coefficient (Wildman–Crippen LogP) is 6.69. The number of aliphatic hydroxyl groups excluding tert-OH is 1. The molecule has 190 valence electrons. The molecule has 0 aromatic heterocycles. The maximum absolute atomic E-state index is 12.9. The molecule has 2 aromatic rings. The second kappa shape index (κ2) is 11.6. The zero-order valence-electron chi connectivity index (χ0n) is 21.7. The van der Waals surface area contributed by atoms with E-state index in [0.717, 1.165) is 70.0 Å². The van der Waals surface area contributed by atoms with Crippen LogP contribution >= 0.6 is 0 Å².